The number of nitrogens with one attached hydrogen (secondary N) is 1. The molecule has 0 unspecified atom stereocenters. The van der Waals surface area contributed by atoms with Crippen LogP contribution >= 0.6 is 0 Å². The van der Waals surface area contributed by atoms with Crippen molar-refractivity contribution >= 4 is 18.3 Å². The Hall–Kier alpha value is -1.59. The van der Waals surface area contributed by atoms with E-state index in [4.69, 9.17) is 0 Å². The van der Waals surface area contributed by atoms with E-state index in [0.717, 1.165) is 6.42 Å². The Labute approximate surface area is 107 Å². The lowest BCUT2D eigenvalue weighted by Gasteiger charge is -2.28. The molecular weight excluding hydrogens is 238 g/mol. The van der Waals surface area contributed by atoms with E-state index < -0.39 is 5.97 Å². The molecule has 0 spiro atoms. The summed E-state index contributed by atoms with van der Waals surface area (Å²) in [4.78, 5) is 40.2. The van der Waals surface area contributed by atoms with Crippen molar-refractivity contribution in [2.75, 3.05) is 0 Å². The largest absolute Gasteiger partial charge is 0.356 e. The van der Waals surface area contributed by atoms with Crippen LogP contribution in [0.2, 0.25) is 0 Å². The Kier molecular flexibility index (Phi) is 7.00. The van der Waals surface area contributed by atoms with Gasteiger partial charge in [0.2, 0.25) is 5.91 Å². The number of carbonyl (C=O) groups excluding carboxylic acids is 3. The monoisotopic (exact) mass is 259 g/mol. The zero-order valence-electron chi connectivity index (χ0n) is 11.3. The quantitative estimate of drug-likeness (QED) is 0.404. The summed E-state index contributed by atoms with van der Waals surface area (Å²) in [5.41, 5.74) is -0.311. The lowest BCUT2D eigenvalue weighted by molar-refractivity contribution is -0.248. The van der Waals surface area contributed by atoms with Crippen molar-refractivity contribution in [3.63, 3.8) is 0 Å². The average Bonchev–Trinajstić information content (AvgIpc) is 2.20. The minimum atomic E-state index is -0.751. The van der Waals surface area contributed by atoms with Crippen molar-refractivity contribution in [2.24, 2.45) is 5.92 Å². The number of hydrogen-bond donors (Lipinski definition) is 1. The number of rotatable bonds is 8. The molecule has 0 saturated heterocycles. The molecule has 0 aliphatic rings. The van der Waals surface area contributed by atoms with Crippen LogP contribution < -0.4 is 5.32 Å². The van der Waals surface area contributed by atoms with Gasteiger partial charge in [0.05, 0.1) is 6.42 Å². The van der Waals surface area contributed by atoms with Gasteiger partial charge < -0.3 is 5.32 Å². The van der Waals surface area contributed by atoms with Crippen molar-refractivity contribution in [1.82, 2.24) is 5.32 Å². The van der Waals surface area contributed by atoms with Gasteiger partial charge in [0.15, 0.2) is 0 Å². The van der Waals surface area contributed by atoms with E-state index in [-0.39, 0.29) is 30.8 Å². The molecule has 0 aromatic heterocycles. The Morgan fingerprint density at radius 1 is 1.28 bits per heavy atom. The average molecular weight is 259 g/mol. The minimum absolute atomic E-state index is 0.00256. The maximum atomic E-state index is 11.6. The minimum Gasteiger partial charge on any atom is -0.351 e. The zero-order chi connectivity index (χ0) is 14.2. The second kappa shape index (κ2) is 7.68. The second-order valence-electron chi connectivity index (χ2n) is 5.18. The van der Waals surface area contributed by atoms with Crippen molar-refractivity contribution in [3.8, 4) is 0 Å². The van der Waals surface area contributed by atoms with E-state index in [1.807, 2.05) is 13.8 Å². The molecule has 6 heteroatoms. The third kappa shape index (κ3) is 8.55. The molecule has 1 N–H and O–H groups in total. The molecule has 0 radical (unpaired) electrons. The summed E-state index contributed by atoms with van der Waals surface area (Å²) in [5.74, 6) is -0.520. The molecule has 0 aromatic rings. The lowest BCUT2D eigenvalue weighted by atomic mass is 9.92. The van der Waals surface area contributed by atoms with Crippen molar-refractivity contribution < 1.29 is 24.2 Å². The first-order chi connectivity index (χ1) is 8.26. The van der Waals surface area contributed by atoms with Gasteiger partial charge in [-0.25, -0.2) is 9.68 Å². The topological polar surface area (TPSA) is 81.7 Å². The van der Waals surface area contributed by atoms with Crippen LogP contribution in [0.25, 0.3) is 0 Å². The molecule has 104 valence electrons. The predicted molar refractivity (Wildman–Crippen MR) is 64.2 cm³/mol. The summed E-state index contributed by atoms with van der Waals surface area (Å²) in [7, 11) is 0. The van der Waals surface area contributed by atoms with Crippen LogP contribution in [0, 0.1) is 5.92 Å². The Morgan fingerprint density at radius 2 is 1.89 bits per heavy atom. The van der Waals surface area contributed by atoms with E-state index in [2.05, 4.69) is 28.9 Å². The summed E-state index contributed by atoms with van der Waals surface area (Å²) in [5, 5.41) is 2.84. The summed E-state index contributed by atoms with van der Waals surface area (Å²) in [6.45, 7) is 8.01. The fourth-order valence-electron chi connectivity index (χ4n) is 1.84. The fourth-order valence-corrected chi connectivity index (χ4v) is 1.84. The van der Waals surface area contributed by atoms with Crippen LogP contribution in [0.5, 0.6) is 0 Å². The smallest absolute Gasteiger partial charge is 0.351 e. The van der Waals surface area contributed by atoms with Crippen LogP contribution in [-0.4, -0.2) is 23.9 Å². The van der Waals surface area contributed by atoms with Crippen LogP contribution in [0.4, 0.5) is 0 Å². The van der Waals surface area contributed by atoms with Crippen molar-refractivity contribution in [3.05, 3.63) is 0 Å². The highest BCUT2D eigenvalue weighted by Crippen LogP contribution is 2.15. The van der Waals surface area contributed by atoms with Gasteiger partial charge in [-0.3, -0.25) is 14.5 Å². The maximum absolute atomic E-state index is 11.6. The molecule has 0 saturated carbocycles. The third-order valence-electron chi connectivity index (χ3n) is 2.13. The SMILES string of the molecule is CC(C)CC(C)(C)NC(=O)CCC(=O)OOC=O. The summed E-state index contributed by atoms with van der Waals surface area (Å²) in [6, 6.07) is 0. The molecule has 18 heavy (non-hydrogen) atoms. The summed E-state index contributed by atoms with van der Waals surface area (Å²) >= 11 is 0. The Morgan fingerprint density at radius 3 is 2.39 bits per heavy atom. The number of amides is 1. The lowest BCUT2D eigenvalue weighted by Crippen LogP contribution is -2.44. The van der Waals surface area contributed by atoms with Gasteiger partial charge in [-0.2, -0.15) is 0 Å². The Bertz CT molecular complexity index is 299. The zero-order valence-corrected chi connectivity index (χ0v) is 11.3. The molecule has 0 atom stereocenters. The highest BCUT2D eigenvalue weighted by atomic mass is 17.2. The van der Waals surface area contributed by atoms with E-state index >= 15 is 0 Å². The number of hydrogen-bond acceptors (Lipinski definition) is 5. The van der Waals surface area contributed by atoms with Crippen LogP contribution in [0.15, 0.2) is 0 Å². The first kappa shape index (κ1) is 16.4. The van der Waals surface area contributed by atoms with E-state index in [9.17, 15) is 14.4 Å². The highest BCUT2D eigenvalue weighted by Gasteiger charge is 2.22. The van der Waals surface area contributed by atoms with Gasteiger partial charge in [-0.15, -0.1) is 0 Å². The van der Waals surface area contributed by atoms with Gasteiger partial charge in [0.25, 0.3) is 0 Å². The predicted octanol–water partition coefficient (Wildman–Crippen LogP) is 1.34. The van der Waals surface area contributed by atoms with Crippen LogP contribution in [-0.2, 0) is 24.2 Å². The maximum Gasteiger partial charge on any atom is 0.356 e. The van der Waals surface area contributed by atoms with E-state index in [1.165, 1.54) is 0 Å². The second-order valence-corrected chi connectivity index (χ2v) is 5.18. The first-order valence-corrected chi connectivity index (χ1v) is 5.87. The van der Waals surface area contributed by atoms with Crippen molar-refractivity contribution in [2.45, 2.75) is 52.5 Å². The molecule has 1 amide bonds. The molecule has 0 aliphatic heterocycles. The molecule has 0 aromatic carbocycles. The van der Waals surface area contributed by atoms with Gasteiger partial charge in [-0.05, 0) is 26.2 Å². The normalized spacial score (nSPS) is 10.9. The van der Waals surface area contributed by atoms with Gasteiger partial charge >= 0.3 is 12.4 Å². The molecule has 6 nitrogen and oxygen atoms in total. The van der Waals surface area contributed by atoms with Crippen LogP contribution in [0.3, 0.4) is 0 Å². The van der Waals surface area contributed by atoms with Crippen molar-refractivity contribution in [1.29, 1.82) is 0 Å². The standard InChI is InChI=1S/C12H21NO5/c1-9(2)7-12(3,4)13-10(15)5-6-11(16)18-17-8-14/h8-9H,5-7H2,1-4H3,(H,13,15). The summed E-state index contributed by atoms with van der Waals surface area (Å²) in [6.07, 6.45) is 0.720. The number of carbonyl (C=O) groups is 3. The molecular formula is C12H21NO5. The summed E-state index contributed by atoms with van der Waals surface area (Å²) < 4.78 is 0. The van der Waals surface area contributed by atoms with E-state index in [0.29, 0.717) is 5.92 Å². The molecule has 0 aliphatic carbocycles. The van der Waals surface area contributed by atoms with Crippen LogP contribution in [0.1, 0.15) is 47.0 Å². The fraction of sp³-hybridized carbons (Fsp3) is 0.750. The van der Waals surface area contributed by atoms with Gasteiger partial charge in [0, 0.05) is 12.0 Å². The molecule has 0 bridgehead atoms. The Balaban J connectivity index is 3.96. The first-order valence-electron chi connectivity index (χ1n) is 5.87. The molecule has 0 rings (SSSR count). The van der Waals surface area contributed by atoms with E-state index in [1.54, 1.807) is 0 Å². The highest BCUT2D eigenvalue weighted by molar-refractivity contribution is 5.81. The molecule has 0 fully saturated rings. The van der Waals surface area contributed by atoms with Gasteiger partial charge in [-0.1, -0.05) is 13.8 Å². The third-order valence-corrected chi connectivity index (χ3v) is 2.13. The van der Waals surface area contributed by atoms with Gasteiger partial charge in [0.1, 0.15) is 0 Å². The molecule has 0 heterocycles.